The first kappa shape index (κ1) is 7.98. The monoisotopic (exact) mass is 176 g/mol. The highest BCUT2D eigenvalue weighted by Gasteiger charge is 2.06. The Balaban J connectivity index is 2.59. The molecule has 0 radical (unpaired) electrons. The van der Waals surface area contributed by atoms with Crippen molar-refractivity contribution < 1.29 is 4.39 Å². The lowest BCUT2D eigenvalue weighted by Crippen LogP contribution is -1.91. The molecule has 0 saturated heterocycles. The smallest absolute Gasteiger partial charge is 0.132 e. The number of hydrogen-bond acceptors (Lipinski definition) is 1. The standard InChI is InChI=1S/C10H9FN2/c1-13-7-12-6-10(13)8-4-2-3-5-9(8)11/h2-7H,1H3. The molecule has 1 aromatic heterocycles. The molecule has 0 amide bonds. The summed E-state index contributed by atoms with van der Waals surface area (Å²) in [7, 11) is 1.84. The number of hydrogen-bond donors (Lipinski definition) is 0. The van der Waals surface area contributed by atoms with Gasteiger partial charge in [-0.05, 0) is 12.1 Å². The summed E-state index contributed by atoms with van der Waals surface area (Å²) in [5.41, 5.74) is 1.38. The zero-order chi connectivity index (χ0) is 9.26. The van der Waals surface area contributed by atoms with Crippen LogP contribution in [0.2, 0.25) is 0 Å². The summed E-state index contributed by atoms with van der Waals surface area (Å²) < 4.78 is 15.1. The van der Waals surface area contributed by atoms with E-state index in [4.69, 9.17) is 0 Å². The van der Waals surface area contributed by atoms with Gasteiger partial charge in [-0.1, -0.05) is 12.1 Å². The SMILES string of the molecule is Cn1cncc1-c1ccccc1F. The van der Waals surface area contributed by atoms with Crippen molar-refractivity contribution in [2.24, 2.45) is 7.05 Å². The minimum Gasteiger partial charge on any atom is -0.334 e. The summed E-state index contributed by atoms with van der Waals surface area (Å²) in [6.07, 6.45) is 3.31. The molecule has 0 spiro atoms. The van der Waals surface area contributed by atoms with Crippen molar-refractivity contribution in [1.29, 1.82) is 0 Å². The first-order valence-electron chi connectivity index (χ1n) is 4.00. The second kappa shape index (κ2) is 3.01. The van der Waals surface area contributed by atoms with Crippen LogP contribution >= 0.6 is 0 Å². The molecule has 0 unspecified atom stereocenters. The first-order chi connectivity index (χ1) is 6.29. The Bertz CT molecular complexity index is 420. The van der Waals surface area contributed by atoms with Crippen molar-refractivity contribution in [3.05, 3.63) is 42.6 Å². The largest absolute Gasteiger partial charge is 0.334 e. The van der Waals surface area contributed by atoms with Crippen molar-refractivity contribution in [3.63, 3.8) is 0 Å². The molecule has 0 fully saturated rings. The highest BCUT2D eigenvalue weighted by Crippen LogP contribution is 2.20. The van der Waals surface area contributed by atoms with Gasteiger partial charge in [-0.15, -0.1) is 0 Å². The predicted octanol–water partition coefficient (Wildman–Crippen LogP) is 2.23. The highest BCUT2D eigenvalue weighted by molar-refractivity contribution is 5.59. The summed E-state index contributed by atoms with van der Waals surface area (Å²) in [6, 6.07) is 6.68. The number of aryl methyl sites for hydroxylation is 1. The Labute approximate surface area is 75.7 Å². The average molecular weight is 176 g/mol. The van der Waals surface area contributed by atoms with E-state index in [1.165, 1.54) is 6.07 Å². The molecule has 3 heteroatoms. The maximum absolute atomic E-state index is 13.3. The Morgan fingerprint density at radius 1 is 1.31 bits per heavy atom. The molecule has 0 saturated carbocycles. The lowest BCUT2D eigenvalue weighted by atomic mass is 10.1. The fourth-order valence-corrected chi connectivity index (χ4v) is 1.29. The van der Waals surface area contributed by atoms with Crippen LogP contribution in [0.3, 0.4) is 0 Å². The van der Waals surface area contributed by atoms with Crippen molar-refractivity contribution in [1.82, 2.24) is 9.55 Å². The third-order valence-corrected chi connectivity index (χ3v) is 1.97. The Morgan fingerprint density at radius 3 is 2.69 bits per heavy atom. The minimum absolute atomic E-state index is 0.217. The van der Waals surface area contributed by atoms with Gasteiger partial charge in [-0.25, -0.2) is 9.37 Å². The van der Waals surface area contributed by atoms with Gasteiger partial charge in [0.05, 0.1) is 18.2 Å². The van der Waals surface area contributed by atoms with E-state index in [0.29, 0.717) is 5.56 Å². The van der Waals surface area contributed by atoms with Gasteiger partial charge >= 0.3 is 0 Å². The van der Waals surface area contributed by atoms with Crippen molar-refractivity contribution in [2.75, 3.05) is 0 Å². The fourth-order valence-electron chi connectivity index (χ4n) is 1.29. The number of halogens is 1. The van der Waals surface area contributed by atoms with Gasteiger partial charge in [0.25, 0.3) is 0 Å². The molecule has 1 heterocycles. The molecule has 0 aliphatic rings. The Kier molecular flexibility index (Phi) is 1.85. The summed E-state index contributed by atoms with van der Waals surface area (Å²) in [4.78, 5) is 3.94. The predicted molar refractivity (Wildman–Crippen MR) is 48.6 cm³/mol. The zero-order valence-corrected chi connectivity index (χ0v) is 7.24. The number of nitrogens with zero attached hydrogens (tertiary/aromatic N) is 2. The lowest BCUT2D eigenvalue weighted by Gasteiger charge is -2.02. The third-order valence-electron chi connectivity index (χ3n) is 1.97. The maximum Gasteiger partial charge on any atom is 0.132 e. The van der Waals surface area contributed by atoms with Crippen LogP contribution in [0.1, 0.15) is 0 Å². The van der Waals surface area contributed by atoms with Crippen LogP contribution in [0, 0.1) is 5.82 Å². The second-order valence-corrected chi connectivity index (χ2v) is 2.87. The van der Waals surface area contributed by atoms with Crippen LogP contribution in [0.5, 0.6) is 0 Å². The fraction of sp³-hybridized carbons (Fsp3) is 0.100. The van der Waals surface area contributed by atoms with Gasteiger partial charge in [0, 0.05) is 12.6 Å². The Morgan fingerprint density at radius 2 is 2.08 bits per heavy atom. The molecule has 0 aliphatic heterocycles. The van der Waals surface area contributed by atoms with E-state index in [1.54, 1.807) is 29.2 Å². The molecular formula is C10H9FN2. The summed E-state index contributed by atoms with van der Waals surface area (Å²) in [6.45, 7) is 0. The van der Waals surface area contributed by atoms with Crippen molar-refractivity contribution in [3.8, 4) is 11.3 Å². The zero-order valence-electron chi connectivity index (χ0n) is 7.24. The van der Waals surface area contributed by atoms with Crippen LogP contribution in [0.25, 0.3) is 11.3 Å². The molecule has 0 atom stereocenters. The lowest BCUT2D eigenvalue weighted by molar-refractivity contribution is 0.629. The third kappa shape index (κ3) is 1.33. The molecule has 2 rings (SSSR count). The van der Waals surface area contributed by atoms with Crippen LogP contribution in [0.15, 0.2) is 36.8 Å². The topological polar surface area (TPSA) is 17.8 Å². The second-order valence-electron chi connectivity index (χ2n) is 2.87. The molecule has 0 bridgehead atoms. The van der Waals surface area contributed by atoms with Crippen molar-refractivity contribution >= 4 is 0 Å². The summed E-state index contributed by atoms with van der Waals surface area (Å²) in [5, 5.41) is 0. The van der Waals surface area contributed by atoms with Crippen molar-refractivity contribution in [2.45, 2.75) is 0 Å². The summed E-state index contributed by atoms with van der Waals surface area (Å²) >= 11 is 0. The van der Waals surface area contributed by atoms with Gasteiger partial charge < -0.3 is 4.57 Å². The van der Waals surface area contributed by atoms with Gasteiger partial charge in [0.1, 0.15) is 5.82 Å². The first-order valence-corrected chi connectivity index (χ1v) is 4.00. The molecule has 2 nitrogen and oxygen atoms in total. The molecule has 0 aliphatic carbocycles. The van der Waals surface area contributed by atoms with E-state index in [9.17, 15) is 4.39 Å². The molecule has 66 valence electrons. The number of benzene rings is 1. The molecular weight excluding hydrogens is 167 g/mol. The normalized spacial score (nSPS) is 10.3. The van der Waals surface area contributed by atoms with Crippen LogP contribution in [0.4, 0.5) is 4.39 Å². The van der Waals surface area contributed by atoms with Crippen LogP contribution < -0.4 is 0 Å². The van der Waals surface area contributed by atoms with Gasteiger partial charge in [-0.3, -0.25) is 0 Å². The van der Waals surface area contributed by atoms with E-state index in [0.717, 1.165) is 5.69 Å². The van der Waals surface area contributed by atoms with Gasteiger partial charge in [0.2, 0.25) is 0 Å². The van der Waals surface area contributed by atoms with E-state index in [-0.39, 0.29) is 5.82 Å². The molecule has 1 aromatic carbocycles. The number of imidazole rings is 1. The van der Waals surface area contributed by atoms with E-state index in [1.807, 2.05) is 13.1 Å². The van der Waals surface area contributed by atoms with E-state index >= 15 is 0 Å². The maximum atomic E-state index is 13.3. The molecule has 2 aromatic rings. The highest BCUT2D eigenvalue weighted by atomic mass is 19.1. The minimum atomic E-state index is -0.217. The quantitative estimate of drug-likeness (QED) is 0.651. The van der Waals surface area contributed by atoms with Crippen LogP contribution in [-0.2, 0) is 7.05 Å². The molecule has 0 N–H and O–H groups in total. The number of rotatable bonds is 1. The van der Waals surface area contributed by atoms with Crippen LogP contribution in [-0.4, -0.2) is 9.55 Å². The van der Waals surface area contributed by atoms with E-state index < -0.39 is 0 Å². The average Bonchev–Trinajstić information content (AvgIpc) is 2.52. The summed E-state index contributed by atoms with van der Waals surface area (Å²) in [5.74, 6) is -0.217. The van der Waals surface area contributed by atoms with Gasteiger partial charge in [0.15, 0.2) is 0 Å². The molecule has 13 heavy (non-hydrogen) atoms. The Hall–Kier alpha value is -1.64. The van der Waals surface area contributed by atoms with Gasteiger partial charge in [-0.2, -0.15) is 0 Å². The van der Waals surface area contributed by atoms with E-state index in [2.05, 4.69) is 4.98 Å². The number of aromatic nitrogens is 2.